The van der Waals surface area contributed by atoms with Gasteiger partial charge in [0, 0.05) is 6.61 Å². The first-order valence-corrected chi connectivity index (χ1v) is 3.78. The first-order valence-electron chi connectivity index (χ1n) is 3.78. The first kappa shape index (κ1) is 9.63. The molecule has 10 heavy (non-hydrogen) atoms. The lowest BCUT2D eigenvalue weighted by Gasteiger charge is -2.02. The molecule has 0 atom stereocenters. The van der Waals surface area contributed by atoms with Crippen LogP contribution in [0.3, 0.4) is 0 Å². The standard InChI is InChI=1S/C8H16O2/c1-8(2)4-3-6-10-7-5-9/h5,8H,3-4,6-7H2,1-2H3. The second kappa shape index (κ2) is 6.75. The quantitative estimate of drug-likeness (QED) is 0.418. The van der Waals surface area contributed by atoms with Gasteiger partial charge in [0.15, 0.2) is 0 Å². The van der Waals surface area contributed by atoms with E-state index in [0.29, 0.717) is 0 Å². The van der Waals surface area contributed by atoms with E-state index in [2.05, 4.69) is 13.8 Å². The molecule has 60 valence electrons. The third-order valence-corrected chi connectivity index (χ3v) is 1.26. The van der Waals surface area contributed by atoms with Crippen LogP contribution in [0.1, 0.15) is 26.7 Å². The monoisotopic (exact) mass is 144 g/mol. The van der Waals surface area contributed by atoms with E-state index >= 15 is 0 Å². The molecule has 0 unspecified atom stereocenters. The Labute approximate surface area is 62.6 Å². The Morgan fingerprint density at radius 3 is 2.70 bits per heavy atom. The van der Waals surface area contributed by atoms with Crippen LogP contribution in [0, 0.1) is 5.92 Å². The molecule has 0 aliphatic heterocycles. The van der Waals surface area contributed by atoms with E-state index in [1.54, 1.807) is 0 Å². The van der Waals surface area contributed by atoms with Gasteiger partial charge < -0.3 is 9.53 Å². The average molecular weight is 144 g/mol. The maximum atomic E-state index is 9.78. The zero-order chi connectivity index (χ0) is 7.82. The summed E-state index contributed by atoms with van der Waals surface area (Å²) in [6.07, 6.45) is 3.03. The Bertz CT molecular complexity index is 79.3. The van der Waals surface area contributed by atoms with Gasteiger partial charge in [0.05, 0.1) is 0 Å². The van der Waals surface area contributed by atoms with E-state index in [1.165, 1.54) is 6.42 Å². The summed E-state index contributed by atoms with van der Waals surface area (Å²) in [7, 11) is 0. The summed E-state index contributed by atoms with van der Waals surface area (Å²) in [6.45, 7) is 5.33. The van der Waals surface area contributed by atoms with Crippen molar-refractivity contribution in [2.45, 2.75) is 26.7 Å². The maximum Gasteiger partial charge on any atom is 0.145 e. The molecule has 0 aromatic heterocycles. The lowest BCUT2D eigenvalue weighted by atomic mass is 10.1. The Morgan fingerprint density at radius 2 is 2.20 bits per heavy atom. The van der Waals surface area contributed by atoms with Crippen LogP contribution in [0.15, 0.2) is 0 Å². The minimum atomic E-state index is 0.248. The van der Waals surface area contributed by atoms with Gasteiger partial charge in [0.1, 0.15) is 12.9 Å². The summed E-state index contributed by atoms with van der Waals surface area (Å²) < 4.78 is 4.97. The second-order valence-corrected chi connectivity index (χ2v) is 2.78. The molecule has 0 heterocycles. The number of carbonyl (C=O) groups is 1. The van der Waals surface area contributed by atoms with Gasteiger partial charge in [-0.3, -0.25) is 0 Å². The van der Waals surface area contributed by atoms with Crippen molar-refractivity contribution < 1.29 is 9.53 Å². The van der Waals surface area contributed by atoms with Crippen molar-refractivity contribution >= 4 is 6.29 Å². The van der Waals surface area contributed by atoms with Gasteiger partial charge in [0.2, 0.25) is 0 Å². The molecule has 2 nitrogen and oxygen atoms in total. The summed E-state index contributed by atoms with van der Waals surface area (Å²) in [6, 6.07) is 0. The zero-order valence-electron chi connectivity index (χ0n) is 6.80. The van der Waals surface area contributed by atoms with Crippen molar-refractivity contribution in [3.8, 4) is 0 Å². The van der Waals surface area contributed by atoms with E-state index in [1.807, 2.05) is 0 Å². The Balaban J connectivity index is 2.83. The maximum absolute atomic E-state index is 9.78. The largest absolute Gasteiger partial charge is 0.374 e. The molecule has 0 spiro atoms. The highest BCUT2D eigenvalue weighted by Gasteiger charge is 1.92. The van der Waals surface area contributed by atoms with Crippen LogP contribution in [0.5, 0.6) is 0 Å². The molecular formula is C8H16O2. The molecule has 0 amide bonds. The first-order chi connectivity index (χ1) is 4.77. The van der Waals surface area contributed by atoms with Crippen molar-refractivity contribution in [2.75, 3.05) is 13.2 Å². The number of aldehydes is 1. The van der Waals surface area contributed by atoms with Crippen LogP contribution in [-0.4, -0.2) is 19.5 Å². The van der Waals surface area contributed by atoms with Crippen LogP contribution in [0.4, 0.5) is 0 Å². The number of rotatable bonds is 6. The highest BCUT2D eigenvalue weighted by atomic mass is 16.5. The molecular weight excluding hydrogens is 128 g/mol. The molecule has 0 aromatic rings. The smallest absolute Gasteiger partial charge is 0.145 e. The molecule has 0 aliphatic carbocycles. The minimum Gasteiger partial charge on any atom is -0.374 e. The lowest BCUT2D eigenvalue weighted by molar-refractivity contribution is -0.111. The predicted octanol–water partition coefficient (Wildman–Crippen LogP) is 1.64. The second-order valence-electron chi connectivity index (χ2n) is 2.78. The Hall–Kier alpha value is -0.370. The molecule has 0 bridgehead atoms. The van der Waals surface area contributed by atoms with Crippen LogP contribution in [-0.2, 0) is 9.53 Å². The predicted molar refractivity (Wildman–Crippen MR) is 41.0 cm³/mol. The Morgan fingerprint density at radius 1 is 1.50 bits per heavy atom. The molecule has 2 heteroatoms. The third-order valence-electron chi connectivity index (χ3n) is 1.26. The summed E-state index contributed by atoms with van der Waals surface area (Å²) in [4.78, 5) is 9.78. The molecule has 0 rings (SSSR count). The van der Waals surface area contributed by atoms with E-state index in [9.17, 15) is 4.79 Å². The van der Waals surface area contributed by atoms with Gasteiger partial charge in [-0.25, -0.2) is 0 Å². The Kier molecular flexibility index (Phi) is 6.50. The van der Waals surface area contributed by atoms with Crippen molar-refractivity contribution in [1.29, 1.82) is 0 Å². The fourth-order valence-corrected chi connectivity index (χ4v) is 0.725. The van der Waals surface area contributed by atoms with Gasteiger partial charge >= 0.3 is 0 Å². The molecule has 0 N–H and O–H groups in total. The molecule has 0 aromatic carbocycles. The molecule has 0 saturated heterocycles. The average Bonchev–Trinajstić information content (AvgIpc) is 1.87. The lowest BCUT2D eigenvalue weighted by Crippen LogP contribution is -1.99. The van der Waals surface area contributed by atoms with E-state index < -0.39 is 0 Å². The van der Waals surface area contributed by atoms with Crippen molar-refractivity contribution in [1.82, 2.24) is 0 Å². The van der Waals surface area contributed by atoms with Crippen molar-refractivity contribution in [3.63, 3.8) is 0 Å². The fourth-order valence-electron chi connectivity index (χ4n) is 0.725. The van der Waals surface area contributed by atoms with Gasteiger partial charge in [-0.15, -0.1) is 0 Å². The molecule has 0 fully saturated rings. The summed E-state index contributed by atoms with van der Waals surface area (Å²) in [5.41, 5.74) is 0. The van der Waals surface area contributed by atoms with E-state index in [-0.39, 0.29) is 6.61 Å². The van der Waals surface area contributed by atoms with Gasteiger partial charge in [-0.05, 0) is 18.8 Å². The highest BCUT2D eigenvalue weighted by Crippen LogP contribution is 2.02. The van der Waals surface area contributed by atoms with Crippen LogP contribution in [0.2, 0.25) is 0 Å². The molecule has 0 saturated carbocycles. The van der Waals surface area contributed by atoms with E-state index in [4.69, 9.17) is 4.74 Å². The van der Waals surface area contributed by atoms with Crippen molar-refractivity contribution in [2.24, 2.45) is 5.92 Å². The number of hydrogen-bond donors (Lipinski definition) is 0. The summed E-state index contributed by atoms with van der Waals surface area (Å²) >= 11 is 0. The minimum absolute atomic E-state index is 0.248. The normalized spacial score (nSPS) is 10.3. The van der Waals surface area contributed by atoms with Crippen molar-refractivity contribution in [3.05, 3.63) is 0 Å². The summed E-state index contributed by atoms with van der Waals surface area (Å²) in [5, 5.41) is 0. The van der Waals surface area contributed by atoms with Crippen LogP contribution in [0.25, 0.3) is 0 Å². The third kappa shape index (κ3) is 7.63. The fraction of sp³-hybridized carbons (Fsp3) is 0.875. The van der Waals surface area contributed by atoms with Gasteiger partial charge in [-0.1, -0.05) is 13.8 Å². The van der Waals surface area contributed by atoms with E-state index in [0.717, 1.165) is 25.2 Å². The number of ether oxygens (including phenoxy) is 1. The van der Waals surface area contributed by atoms with Crippen LogP contribution < -0.4 is 0 Å². The molecule has 0 radical (unpaired) electrons. The SMILES string of the molecule is CC(C)CCCOCC=O. The summed E-state index contributed by atoms with van der Waals surface area (Å²) in [5.74, 6) is 0.736. The van der Waals surface area contributed by atoms with Crippen LogP contribution >= 0.6 is 0 Å². The van der Waals surface area contributed by atoms with Gasteiger partial charge in [0.25, 0.3) is 0 Å². The topological polar surface area (TPSA) is 26.3 Å². The van der Waals surface area contributed by atoms with Gasteiger partial charge in [-0.2, -0.15) is 0 Å². The number of hydrogen-bond acceptors (Lipinski definition) is 2. The highest BCUT2D eigenvalue weighted by molar-refractivity contribution is 5.50. The zero-order valence-corrected chi connectivity index (χ0v) is 6.80. The number of carbonyl (C=O) groups excluding carboxylic acids is 1. The molecule has 0 aliphatic rings.